The van der Waals surface area contributed by atoms with Crippen LogP contribution in [0.1, 0.15) is 16.1 Å². The topological polar surface area (TPSA) is 87.0 Å². The van der Waals surface area contributed by atoms with Crippen molar-refractivity contribution in [1.29, 1.82) is 0 Å². The number of fused-ring (bicyclic) bond motifs is 1. The largest absolute Gasteiger partial charge is 0.493 e. The van der Waals surface area contributed by atoms with E-state index in [4.69, 9.17) is 14.2 Å². The minimum Gasteiger partial charge on any atom is -0.493 e. The first kappa shape index (κ1) is 24.3. The van der Waals surface area contributed by atoms with E-state index in [-0.39, 0.29) is 34.1 Å². The first-order valence-corrected chi connectivity index (χ1v) is 10.8. The zero-order valence-electron chi connectivity index (χ0n) is 18.6. The predicted octanol–water partition coefficient (Wildman–Crippen LogP) is 5.46. The molecule has 35 heavy (non-hydrogen) atoms. The second-order valence-electron chi connectivity index (χ2n) is 7.19. The molecule has 2 aromatic carbocycles. The molecule has 1 amide bonds. The number of alkyl halides is 3. The first-order valence-electron chi connectivity index (χ1n) is 9.99. The van der Waals surface area contributed by atoms with Crippen molar-refractivity contribution in [3.8, 4) is 28.5 Å². The van der Waals surface area contributed by atoms with E-state index in [0.29, 0.717) is 15.8 Å². The average molecular weight is 551 g/mol. The van der Waals surface area contributed by atoms with Crippen LogP contribution in [-0.4, -0.2) is 41.8 Å². The van der Waals surface area contributed by atoms with Crippen LogP contribution >= 0.6 is 15.9 Å². The minimum atomic E-state index is -4.73. The Balaban J connectivity index is 1.80. The highest BCUT2D eigenvalue weighted by Gasteiger charge is 2.36. The summed E-state index contributed by atoms with van der Waals surface area (Å²) in [7, 11) is 4.27. The van der Waals surface area contributed by atoms with Gasteiger partial charge in [-0.1, -0.05) is 28.1 Å². The molecule has 12 heteroatoms. The molecule has 0 unspecified atom stereocenters. The van der Waals surface area contributed by atoms with Crippen LogP contribution in [-0.2, 0) is 6.18 Å². The van der Waals surface area contributed by atoms with E-state index in [9.17, 15) is 18.0 Å². The van der Waals surface area contributed by atoms with Crippen molar-refractivity contribution in [2.24, 2.45) is 0 Å². The molecule has 0 atom stereocenters. The number of nitrogens with one attached hydrogen (secondary N) is 1. The van der Waals surface area contributed by atoms with Crippen LogP contribution in [0.25, 0.3) is 16.9 Å². The summed E-state index contributed by atoms with van der Waals surface area (Å²) in [6, 6.07) is 10.5. The molecule has 0 fully saturated rings. The summed E-state index contributed by atoms with van der Waals surface area (Å²) in [6.07, 6.45) is -3.70. The lowest BCUT2D eigenvalue weighted by Crippen LogP contribution is -2.16. The Hall–Kier alpha value is -3.80. The maximum absolute atomic E-state index is 13.8. The van der Waals surface area contributed by atoms with E-state index in [1.165, 1.54) is 33.5 Å². The molecule has 8 nitrogen and oxygen atoms in total. The number of aromatic nitrogens is 3. The number of hydrogen-bond acceptors (Lipinski definition) is 6. The van der Waals surface area contributed by atoms with Gasteiger partial charge in [0.2, 0.25) is 5.75 Å². The molecule has 2 aromatic heterocycles. The molecule has 0 spiro atoms. The quantitative estimate of drug-likeness (QED) is 0.343. The van der Waals surface area contributed by atoms with Crippen LogP contribution in [0.4, 0.5) is 18.9 Å². The van der Waals surface area contributed by atoms with Gasteiger partial charge in [0.25, 0.3) is 5.91 Å². The molecule has 0 radical (unpaired) electrons. The predicted molar refractivity (Wildman–Crippen MR) is 125 cm³/mol. The fraction of sp³-hybridized carbons (Fsp3) is 0.174. The lowest BCUT2D eigenvalue weighted by molar-refractivity contribution is -0.142. The monoisotopic (exact) mass is 550 g/mol. The highest BCUT2D eigenvalue weighted by atomic mass is 79.9. The van der Waals surface area contributed by atoms with Gasteiger partial charge in [-0.2, -0.15) is 18.3 Å². The maximum atomic E-state index is 13.8. The summed E-state index contributed by atoms with van der Waals surface area (Å²) in [4.78, 5) is 17.4. The van der Waals surface area contributed by atoms with E-state index in [1.807, 2.05) is 0 Å². The Labute approximate surface area is 205 Å². The summed E-state index contributed by atoms with van der Waals surface area (Å²) in [5, 5.41) is 6.41. The van der Waals surface area contributed by atoms with Crippen molar-refractivity contribution in [3.63, 3.8) is 0 Å². The Morgan fingerprint density at radius 2 is 1.63 bits per heavy atom. The third kappa shape index (κ3) is 4.74. The molecule has 182 valence electrons. The Bertz CT molecular complexity index is 1380. The molecule has 0 saturated carbocycles. The van der Waals surface area contributed by atoms with E-state index in [2.05, 4.69) is 31.3 Å². The van der Waals surface area contributed by atoms with E-state index < -0.39 is 17.8 Å². The van der Waals surface area contributed by atoms with Gasteiger partial charge >= 0.3 is 6.18 Å². The number of carbonyl (C=O) groups excluding carboxylic acids is 1. The summed E-state index contributed by atoms with van der Waals surface area (Å²) in [5.74, 6) is 0.177. The van der Waals surface area contributed by atoms with Gasteiger partial charge < -0.3 is 19.5 Å². The van der Waals surface area contributed by atoms with Crippen molar-refractivity contribution in [1.82, 2.24) is 14.6 Å². The van der Waals surface area contributed by atoms with Gasteiger partial charge in [0, 0.05) is 27.9 Å². The highest BCUT2D eigenvalue weighted by Crippen LogP contribution is 2.40. The molecule has 1 N–H and O–H groups in total. The van der Waals surface area contributed by atoms with Gasteiger partial charge in [-0.15, -0.1) is 0 Å². The number of rotatable bonds is 6. The Morgan fingerprint density at radius 3 is 2.17 bits per heavy atom. The van der Waals surface area contributed by atoms with Crippen LogP contribution in [0.5, 0.6) is 17.2 Å². The second kappa shape index (κ2) is 9.45. The summed E-state index contributed by atoms with van der Waals surface area (Å²) in [6.45, 7) is 0. The van der Waals surface area contributed by atoms with Crippen LogP contribution in [0.2, 0.25) is 0 Å². The molecular weight excluding hydrogens is 533 g/mol. The van der Waals surface area contributed by atoms with Gasteiger partial charge in [0.05, 0.1) is 33.2 Å². The average Bonchev–Trinajstić information content (AvgIpc) is 3.26. The second-order valence-corrected chi connectivity index (χ2v) is 8.11. The van der Waals surface area contributed by atoms with Gasteiger partial charge in [-0.25, -0.2) is 9.50 Å². The maximum Gasteiger partial charge on any atom is 0.433 e. The van der Waals surface area contributed by atoms with E-state index in [0.717, 1.165) is 16.7 Å². The van der Waals surface area contributed by atoms with Crippen molar-refractivity contribution in [3.05, 3.63) is 64.4 Å². The third-order valence-electron chi connectivity index (χ3n) is 5.07. The minimum absolute atomic E-state index is 0.0414. The number of nitrogens with zero attached hydrogens (tertiary/aromatic N) is 3. The van der Waals surface area contributed by atoms with E-state index in [1.54, 1.807) is 24.3 Å². The van der Waals surface area contributed by atoms with Gasteiger partial charge in [-0.3, -0.25) is 4.79 Å². The number of anilines is 1. The number of methoxy groups -OCH3 is 3. The molecule has 4 aromatic rings. The lowest BCUT2D eigenvalue weighted by Gasteiger charge is -2.14. The van der Waals surface area contributed by atoms with Crippen LogP contribution < -0.4 is 19.5 Å². The standard InChI is InChI=1S/C23H18BrF3N4O4/c1-33-17-8-14(9-18(34-2)20(17)35-3)29-22(32)15-11-28-31-19(23(25,26)27)10-16(30-21(15)31)12-4-6-13(24)7-5-12/h4-11H,1-3H3,(H,29,32). The molecule has 0 aliphatic rings. The first-order chi connectivity index (χ1) is 16.7. The number of ether oxygens (including phenoxy) is 3. The van der Waals surface area contributed by atoms with E-state index >= 15 is 0 Å². The molecule has 0 aliphatic heterocycles. The summed E-state index contributed by atoms with van der Waals surface area (Å²) >= 11 is 3.30. The zero-order valence-corrected chi connectivity index (χ0v) is 20.2. The summed E-state index contributed by atoms with van der Waals surface area (Å²) in [5.41, 5.74) is -0.708. The highest BCUT2D eigenvalue weighted by molar-refractivity contribution is 9.10. The van der Waals surface area contributed by atoms with Crippen molar-refractivity contribution in [2.75, 3.05) is 26.6 Å². The number of benzene rings is 2. The Morgan fingerprint density at radius 1 is 1.00 bits per heavy atom. The molecule has 0 bridgehead atoms. The molecule has 2 heterocycles. The lowest BCUT2D eigenvalue weighted by atomic mass is 10.1. The van der Waals surface area contributed by atoms with Crippen molar-refractivity contribution < 1.29 is 32.2 Å². The van der Waals surface area contributed by atoms with Crippen LogP contribution in [0.3, 0.4) is 0 Å². The summed E-state index contributed by atoms with van der Waals surface area (Å²) < 4.78 is 58.7. The van der Waals surface area contributed by atoms with Gasteiger partial charge in [0.15, 0.2) is 22.8 Å². The van der Waals surface area contributed by atoms with Crippen molar-refractivity contribution >= 4 is 33.2 Å². The fourth-order valence-electron chi connectivity index (χ4n) is 3.45. The third-order valence-corrected chi connectivity index (χ3v) is 5.60. The number of halogens is 4. The normalized spacial score (nSPS) is 11.4. The smallest absolute Gasteiger partial charge is 0.433 e. The molecule has 4 rings (SSSR count). The molecule has 0 aliphatic carbocycles. The SMILES string of the molecule is COc1cc(NC(=O)c2cnn3c(C(F)(F)F)cc(-c4ccc(Br)cc4)nc23)cc(OC)c1OC. The van der Waals surface area contributed by atoms with Crippen LogP contribution in [0.15, 0.2) is 53.1 Å². The number of amides is 1. The molecule has 0 saturated heterocycles. The van der Waals surface area contributed by atoms with Crippen LogP contribution in [0, 0.1) is 0 Å². The molecular formula is C23H18BrF3N4O4. The number of carbonyl (C=O) groups is 1. The fourth-order valence-corrected chi connectivity index (χ4v) is 3.71. The zero-order chi connectivity index (χ0) is 25.3. The van der Waals surface area contributed by atoms with Gasteiger partial charge in [0.1, 0.15) is 5.56 Å². The van der Waals surface area contributed by atoms with Crippen molar-refractivity contribution in [2.45, 2.75) is 6.18 Å². The van der Waals surface area contributed by atoms with Gasteiger partial charge in [-0.05, 0) is 18.2 Å². The number of hydrogen-bond donors (Lipinski definition) is 1. The Kier molecular flexibility index (Phi) is 6.57.